The van der Waals surface area contributed by atoms with Crippen molar-refractivity contribution in [2.75, 3.05) is 33.3 Å². The van der Waals surface area contributed by atoms with Crippen LogP contribution in [0.5, 0.6) is 5.75 Å². The number of rotatable bonds is 6. The fourth-order valence-electron chi connectivity index (χ4n) is 5.07. The van der Waals surface area contributed by atoms with Gasteiger partial charge in [0.2, 0.25) is 0 Å². The molecule has 3 aromatic carbocycles. The lowest BCUT2D eigenvalue weighted by molar-refractivity contribution is -0.384. The average molecular weight is 573 g/mol. The molecule has 0 bridgehead atoms. The van der Waals surface area contributed by atoms with Crippen LogP contribution in [-0.4, -0.2) is 64.4 Å². The first kappa shape index (κ1) is 27.9. The molecule has 1 aliphatic rings. The van der Waals surface area contributed by atoms with Gasteiger partial charge in [0.1, 0.15) is 5.75 Å². The number of methoxy groups -OCH3 is 1. The van der Waals surface area contributed by atoms with E-state index in [0.29, 0.717) is 31.7 Å². The summed E-state index contributed by atoms with van der Waals surface area (Å²) in [5, 5.41) is 11.0. The Hall–Kier alpha value is -4.63. The Labute approximate surface area is 242 Å². The summed E-state index contributed by atoms with van der Waals surface area (Å²) in [6.45, 7) is 5.31. The van der Waals surface area contributed by atoms with Crippen LogP contribution < -0.4 is 4.74 Å². The number of hydrogen-bond donors (Lipinski definition) is 0. The van der Waals surface area contributed by atoms with E-state index in [1.54, 1.807) is 16.9 Å². The molecule has 1 fully saturated rings. The first-order valence-corrected chi connectivity index (χ1v) is 13.5. The van der Waals surface area contributed by atoms with Crippen LogP contribution in [0, 0.1) is 24.0 Å². The second-order valence-corrected chi connectivity index (χ2v) is 10.3. The molecule has 10 heteroatoms. The van der Waals surface area contributed by atoms with Crippen molar-refractivity contribution in [2.45, 2.75) is 13.8 Å². The van der Waals surface area contributed by atoms with E-state index in [0.717, 1.165) is 34.0 Å². The topological polar surface area (TPSA) is 97.9 Å². The van der Waals surface area contributed by atoms with Gasteiger partial charge < -0.3 is 19.1 Å². The molecule has 0 radical (unpaired) electrons. The molecule has 2 amide bonds. The average Bonchev–Trinajstić information content (AvgIpc) is 3.33. The summed E-state index contributed by atoms with van der Waals surface area (Å²) in [5.74, 6) is 0.321. The molecule has 1 aliphatic heterocycles. The normalized spacial score (nSPS) is 13.3. The quantitative estimate of drug-likeness (QED) is 0.211. The van der Waals surface area contributed by atoms with Crippen molar-refractivity contribution in [1.29, 1.82) is 0 Å². The Morgan fingerprint density at radius 2 is 1.41 bits per heavy atom. The van der Waals surface area contributed by atoms with E-state index < -0.39 is 4.92 Å². The number of amides is 2. The van der Waals surface area contributed by atoms with Crippen LogP contribution in [0.2, 0.25) is 5.02 Å². The Morgan fingerprint density at radius 1 is 0.829 bits per heavy atom. The fourth-order valence-corrected chi connectivity index (χ4v) is 5.32. The summed E-state index contributed by atoms with van der Waals surface area (Å²) in [7, 11) is 1.62. The van der Waals surface area contributed by atoms with Crippen LogP contribution in [0.15, 0.2) is 72.8 Å². The Morgan fingerprint density at radius 3 is 1.95 bits per heavy atom. The van der Waals surface area contributed by atoms with Crippen molar-refractivity contribution in [3.05, 3.63) is 110 Å². The minimum atomic E-state index is -0.557. The molecule has 1 aromatic heterocycles. The van der Waals surface area contributed by atoms with Crippen LogP contribution in [0.25, 0.3) is 16.9 Å². The van der Waals surface area contributed by atoms with Crippen LogP contribution in [0.4, 0.5) is 5.69 Å². The lowest BCUT2D eigenvalue weighted by Crippen LogP contribution is -2.50. The number of carbonyl (C=O) groups excluding carboxylic acids is 2. The van der Waals surface area contributed by atoms with Crippen LogP contribution >= 0.6 is 11.6 Å². The van der Waals surface area contributed by atoms with Crippen molar-refractivity contribution in [1.82, 2.24) is 14.4 Å². The number of halogens is 1. The third-order valence-corrected chi connectivity index (χ3v) is 7.72. The molecule has 2 heterocycles. The number of carbonyl (C=O) groups is 2. The largest absolute Gasteiger partial charge is 0.497 e. The van der Waals surface area contributed by atoms with Crippen LogP contribution in [0.1, 0.15) is 32.0 Å². The predicted octanol–water partition coefficient (Wildman–Crippen LogP) is 5.93. The van der Waals surface area contributed by atoms with Gasteiger partial charge in [-0.2, -0.15) is 0 Å². The van der Waals surface area contributed by atoms with Gasteiger partial charge in [0.15, 0.2) is 0 Å². The summed E-state index contributed by atoms with van der Waals surface area (Å²) in [6, 6.07) is 21.6. The summed E-state index contributed by atoms with van der Waals surface area (Å²) < 4.78 is 7.41. The molecular weight excluding hydrogens is 544 g/mol. The molecule has 0 atom stereocenters. The third-order valence-electron chi connectivity index (χ3n) is 7.40. The summed E-state index contributed by atoms with van der Waals surface area (Å²) >= 11 is 6.18. The smallest absolute Gasteiger partial charge is 0.270 e. The van der Waals surface area contributed by atoms with Gasteiger partial charge in [0.25, 0.3) is 17.5 Å². The number of non-ortho nitro benzene ring substituents is 1. The highest BCUT2D eigenvalue weighted by Crippen LogP contribution is 2.32. The standard InChI is InChI=1S/C31H29ClN4O5/c1-20-4-8-23(9-5-20)35-21(2)27(19-29(35)22-6-11-25(41-3)12-7-22)31(38)34-16-14-33(15-17-34)30(37)26-13-10-24(36(39)40)18-28(26)32/h4-13,18-19H,14-17H2,1-3H3. The highest BCUT2D eigenvalue weighted by atomic mass is 35.5. The fraction of sp³-hybridized carbons (Fsp3) is 0.226. The van der Waals surface area contributed by atoms with E-state index >= 15 is 0 Å². The predicted molar refractivity (Wildman–Crippen MR) is 157 cm³/mol. The molecule has 41 heavy (non-hydrogen) atoms. The number of piperazine rings is 1. The Bertz CT molecular complexity index is 1620. The van der Waals surface area contributed by atoms with Crippen molar-refractivity contribution in [3.8, 4) is 22.7 Å². The minimum Gasteiger partial charge on any atom is -0.497 e. The van der Waals surface area contributed by atoms with Gasteiger partial charge >= 0.3 is 0 Å². The Kier molecular flexibility index (Phi) is 7.81. The van der Waals surface area contributed by atoms with E-state index in [9.17, 15) is 19.7 Å². The van der Waals surface area contributed by atoms with Crippen LogP contribution in [0.3, 0.4) is 0 Å². The zero-order valence-corrected chi connectivity index (χ0v) is 23.7. The molecule has 5 rings (SSSR count). The monoisotopic (exact) mass is 572 g/mol. The van der Waals surface area contributed by atoms with E-state index in [-0.39, 0.29) is 28.1 Å². The zero-order chi connectivity index (χ0) is 29.3. The molecule has 210 valence electrons. The number of aryl methyl sites for hydroxylation is 1. The van der Waals surface area contributed by atoms with Gasteiger partial charge in [-0.05, 0) is 67.9 Å². The van der Waals surface area contributed by atoms with Gasteiger partial charge in [-0.15, -0.1) is 0 Å². The molecule has 0 saturated carbocycles. The van der Waals surface area contributed by atoms with Crippen LogP contribution in [-0.2, 0) is 0 Å². The molecule has 1 saturated heterocycles. The maximum atomic E-state index is 13.8. The number of nitro benzene ring substituents is 1. The number of aromatic nitrogens is 1. The number of nitro groups is 1. The van der Waals surface area contributed by atoms with E-state index in [1.165, 1.54) is 18.2 Å². The van der Waals surface area contributed by atoms with E-state index in [2.05, 4.69) is 4.57 Å². The molecular formula is C31H29ClN4O5. The summed E-state index contributed by atoms with van der Waals surface area (Å²) in [4.78, 5) is 40.7. The van der Waals surface area contributed by atoms with Crippen molar-refractivity contribution < 1.29 is 19.2 Å². The van der Waals surface area contributed by atoms with Gasteiger partial charge in [0.05, 0.1) is 33.9 Å². The van der Waals surface area contributed by atoms with Crippen molar-refractivity contribution >= 4 is 29.1 Å². The molecule has 4 aromatic rings. The van der Waals surface area contributed by atoms with Crippen molar-refractivity contribution in [2.24, 2.45) is 0 Å². The van der Waals surface area contributed by atoms with Gasteiger partial charge in [-0.3, -0.25) is 19.7 Å². The first-order valence-electron chi connectivity index (χ1n) is 13.1. The molecule has 0 spiro atoms. The Balaban J connectivity index is 1.39. The zero-order valence-electron chi connectivity index (χ0n) is 23.0. The number of hydrogen-bond acceptors (Lipinski definition) is 5. The summed E-state index contributed by atoms with van der Waals surface area (Å²) in [6.07, 6.45) is 0. The molecule has 9 nitrogen and oxygen atoms in total. The number of benzene rings is 3. The van der Waals surface area contributed by atoms with Gasteiger partial charge in [0, 0.05) is 49.7 Å². The molecule has 0 N–H and O–H groups in total. The second kappa shape index (κ2) is 11.5. The number of ether oxygens (including phenoxy) is 1. The lowest BCUT2D eigenvalue weighted by Gasteiger charge is -2.35. The third kappa shape index (κ3) is 5.53. The van der Waals surface area contributed by atoms with Gasteiger partial charge in [-0.1, -0.05) is 29.3 Å². The van der Waals surface area contributed by atoms with Gasteiger partial charge in [-0.25, -0.2) is 0 Å². The highest BCUT2D eigenvalue weighted by molar-refractivity contribution is 6.34. The summed E-state index contributed by atoms with van der Waals surface area (Å²) in [5.41, 5.74) is 5.37. The van der Waals surface area contributed by atoms with E-state index in [4.69, 9.17) is 16.3 Å². The number of nitrogens with zero attached hydrogens (tertiary/aromatic N) is 4. The molecule has 0 unspecified atom stereocenters. The lowest BCUT2D eigenvalue weighted by atomic mass is 10.1. The maximum Gasteiger partial charge on any atom is 0.270 e. The SMILES string of the molecule is COc1ccc(-c2cc(C(=O)N3CCN(C(=O)c4ccc([N+](=O)[O-])cc4Cl)CC3)c(C)n2-c2ccc(C)cc2)cc1. The first-order chi connectivity index (χ1) is 19.7. The molecule has 0 aliphatic carbocycles. The minimum absolute atomic E-state index is 0.0295. The van der Waals surface area contributed by atoms with Crippen molar-refractivity contribution in [3.63, 3.8) is 0 Å². The second-order valence-electron chi connectivity index (χ2n) is 9.93. The maximum absolute atomic E-state index is 13.8. The van der Waals surface area contributed by atoms with E-state index in [1.807, 2.05) is 68.4 Å². The highest BCUT2D eigenvalue weighted by Gasteiger charge is 2.29.